The molecule has 0 atom stereocenters. The monoisotopic (exact) mass is 153 g/mol. The topological polar surface area (TPSA) is 64.1 Å². The summed E-state index contributed by atoms with van der Waals surface area (Å²) in [5.74, 6) is 0.371. The van der Waals surface area contributed by atoms with E-state index in [-0.39, 0.29) is 0 Å². The minimum absolute atomic E-state index is 0.371. The fraction of sp³-hybridized carbons (Fsp3) is 0.250. The predicted octanol–water partition coefficient (Wildman–Crippen LogP) is 0.772. The zero-order valence-corrected chi connectivity index (χ0v) is 7.07. The molecule has 0 aliphatic carbocycles. The van der Waals surface area contributed by atoms with Crippen molar-refractivity contribution in [2.45, 2.75) is 13.8 Å². The first-order chi connectivity index (χ1) is 4.95. The van der Waals surface area contributed by atoms with Crippen molar-refractivity contribution in [2.75, 3.05) is 0 Å². The summed E-state index contributed by atoms with van der Waals surface area (Å²) in [5, 5.41) is 2.77. The van der Waals surface area contributed by atoms with E-state index in [0.29, 0.717) is 11.5 Å². The lowest BCUT2D eigenvalue weighted by Crippen LogP contribution is -2.19. The quantitative estimate of drug-likeness (QED) is 0.525. The number of rotatable bonds is 3. The van der Waals surface area contributed by atoms with Crippen molar-refractivity contribution in [3.63, 3.8) is 0 Å². The van der Waals surface area contributed by atoms with Crippen LogP contribution in [-0.4, -0.2) is 0 Å². The minimum atomic E-state index is 0.371. The van der Waals surface area contributed by atoms with Crippen LogP contribution in [0.1, 0.15) is 13.8 Å². The first-order valence-electron chi connectivity index (χ1n) is 3.28. The van der Waals surface area contributed by atoms with Crippen LogP contribution in [0.3, 0.4) is 0 Å². The van der Waals surface area contributed by atoms with Gasteiger partial charge in [-0.2, -0.15) is 0 Å². The van der Waals surface area contributed by atoms with Gasteiger partial charge in [0.25, 0.3) is 0 Å². The van der Waals surface area contributed by atoms with Gasteiger partial charge in [0.15, 0.2) is 0 Å². The van der Waals surface area contributed by atoms with Gasteiger partial charge in [-0.3, -0.25) is 0 Å². The molecule has 0 aliphatic heterocycles. The molecular weight excluding hydrogens is 138 g/mol. The van der Waals surface area contributed by atoms with Crippen molar-refractivity contribution in [3.8, 4) is 0 Å². The van der Waals surface area contributed by atoms with Gasteiger partial charge in [-0.15, -0.1) is 0 Å². The number of allylic oxidation sites excluding steroid dienone is 2. The van der Waals surface area contributed by atoms with E-state index in [0.717, 1.165) is 11.3 Å². The largest absolute Gasteiger partial charge is 0.402 e. The van der Waals surface area contributed by atoms with E-state index in [4.69, 9.17) is 11.5 Å². The first kappa shape index (κ1) is 9.62. The van der Waals surface area contributed by atoms with Crippen molar-refractivity contribution in [3.05, 3.63) is 35.9 Å². The Labute approximate surface area is 67.5 Å². The lowest BCUT2D eigenvalue weighted by molar-refractivity contribution is 0.956. The lowest BCUT2D eigenvalue weighted by Gasteiger charge is -2.09. The molecule has 5 N–H and O–H groups in total. The predicted molar refractivity (Wildman–Crippen MR) is 48.2 cm³/mol. The maximum Gasteiger partial charge on any atom is 0.0930 e. The fourth-order valence-corrected chi connectivity index (χ4v) is 0.526. The molecule has 0 amide bonds. The molecule has 0 aromatic carbocycles. The van der Waals surface area contributed by atoms with Gasteiger partial charge in [0.1, 0.15) is 0 Å². The van der Waals surface area contributed by atoms with E-state index < -0.39 is 0 Å². The van der Waals surface area contributed by atoms with E-state index in [1.165, 1.54) is 0 Å². The second-order valence-electron chi connectivity index (χ2n) is 2.44. The van der Waals surface area contributed by atoms with E-state index in [2.05, 4.69) is 18.5 Å². The van der Waals surface area contributed by atoms with Crippen LogP contribution in [0, 0.1) is 0 Å². The SMILES string of the molecule is C=C(N)NC(=C)/C(C)=C(/C)N. The summed E-state index contributed by atoms with van der Waals surface area (Å²) in [6.07, 6.45) is 0. The number of nitrogens with two attached hydrogens (primary N) is 2. The molecule has 62 valence electrons. The molecule has 0 unspecified atom stereocenters. The fourth-order valence-electron chi connectivity index (χ4n) is 0.526. The second-order valence-corrected chi connectivity index (χ2v) is 2.44. The molecule has 0 spiro atoms. The van der Waals surface area contributed by atoms with Gasteiger partial charge >= 0.3 is 0 Å². The standard InChI is InChI=1S/C8H15N3/c1-5(6(2)9)7(3)11-8(4)10/h11H,3-4,9-10H2,1-2H3/b6-5-. The molecule has 0 saturated heterocycles. The van der Waals surface area contributed by atoms with Crippen molar-refractivity contribution >= 4 is 0 Å². The minimum Gasteiger partial charge on any atom is -0.402 e. The van der Waals surface area contributed by atoms with Crippen LogP contribution in [0.2, 0.25) is 0 Å². The van der Waals surface area contributed by atoms with E-state index >= 15 is 0 Å². The maximum atomic E-state index is 5.52. The van der Waals surface area contributed by atoms with Crippen LogP contribution >= 0.6 is 0 Å². The molecular formula is C8H15N3. The summed E-state index contributed by atoms with van der Waals surface area (Å²) in [6.45, 7) is 10.9. The average molecular weight is 153 g/mol. The van der Waals surface area contributed by atoms with Gasteiger partial charge in [-0.05, 0) is 19.4 Å². The molecule has 0 rings (SSSR count). The van der Waals surface area contributed by atoms with Crippen LogP contribution < -0.4 is 16.8 Å². The summed E-state index contributed by atoms with van der Waals surface area (Å²) in [4.78, 5) is 0. The maximum absolute atomic E-state index is 5.52. The van der Waals surface area contributed by atoms with Gasteiger partial charge in [0.2, 0.25) is 0 Å². The number of hydrogen-bond donors (Lipinski definition) is 3. The van der Waals surface area contributed by atoms with E-state index in [1.807, 2.05) is 13.8 Å². The third-order valence-corrected chi connectivity index (χ3v) is 1.36. The number of nitrogens with one attached hydrogen (secondary N) is 1. The Morgan fingerprint density at radius 3 is 1.91 bits per heavy atom. The van der Waals surface area contributed by atoms with Gasteiger partial charge < -0.3 is 16.8 Å². The summed E-state index contributed by atoms with van der Waals surface area (Å²) in [6, 6.07) is 0. The Bertz CT molecular complexity index is 209. The second kappa shape index (κ2) is 3.71. The van der Waals surface area contributed by atoms with Crippen LogP contribution in [0.15, 0.2) is 35.9 Å². The molecule has 3 nitrogen and oxygen atoms in total. The normalized spacial score (nSPS) is 11.8. The lowest BCUT2D eigenvalue weighted by atomic mass is 10.2. The molecule has 0 saturated carbocycles. The first-order valence-corrected chi connectivity index (χ1v) is 3.28. The summed E-state index contributed by atoms with van der Waals surface area (Å²) in [5.41, 5.74) is 13.1. The zero-order valence-electron chi connectivity index (χ0n) is 7.07. The summed E-state index contributed by atoms with van der Waals surface area (Å²) in [7, 11) is 0. The highest BCUT2D eigenvalue weighted by Crippen LogP contribution is 2.05. The van der Waals surface area contributed by atoms with Crippen LogP contribution in [0.5, 0.6) is 0 Å². The van der Waals surface area contributed by atoms with Crippen LogP contribution in [0.25, 0.3) is 0 Å². The molecule has 0 aliphatic rings. The molecule has 0 aromatic rings. The smallest absolute Gasteiger partial charge is 0.0930 e. The van der Waals surface area contributed by atoms with E-state index in [1.54, 1.807) is 0 Å². The molecule has 0 radical (unpaired) electrons. The summed E-state index contributed by atoms with van der Waals surface area (Å²) < 4.78 is 0. The molecule has 0 heterocycles. The van der Waals surface area contributed by atoms with Crippen molar-refractivity contribution in [1.29, 1.82) is 0 Å². The summed E-state index contributed by atoms with van der Waals surface area (Å²) >= 11 is 0. The average Bonchev–Trinajstić information content (AvgIpc) is 1.84. The highest BCUT2D eigenvalue weighted by molar-refractivity contribution is 5.29. The van der Waals surface area contributed by atoms with E-state index in [9.17, 15) is 0 Å². The Hall–Kier alpha value is -1.38. The van der Waals surface area contributed by atoms with Crippen molar-refractivity contribution in [1.82, 2.24) is 5.32 Å². The molecule has 0 bridgehead atoms. The van der Waals surface area contributed by atoms with Crippen molar-refractivity contribution < 1.29 is 0 Å². The number of hydrogen-bond acceptors (Lipinski definition) is 3. The molecule has 0 fully saturated rings. The zero-order chi connectivity index (χ0) is 9.02. The van der Waals surface area contributed by atoms with Gasteiger partial charge in [0.05, 0.1) is 5.82 Å². The highest BCUT2D eigenvalue weighted by atomic mass is 15.0. The Morgan fingerprint density at radius 1 is 1.18 bits per heavy atom. The highest BCUT2D eigenvalue weighted by Gasteiger charge is 1.97. The Kier molecular flexibility index (Phi) is 3.24. The van der Waals surface area contributed by atoms with Crippen LogP contribution in [-0.2, 0) is 0 Å². The Morgan fingerprint density at radius 2 is 1.64 bits per heavy atom. The van der Waals surface area contributed by atoms with Gasteiger partial charge in [-0.1, -0.05) is 13.2 Å². The van der Waals surface area contributed by atoms with Crippen molar-refractivity contribution in [2.24, 2.45) is 11.5 Å². The Balaban J connectivity index is 4.28. The van der Waals surface area contributed by atoms with Crippen LogP contribution in [0.4, 0.5) is 0 Å². The molecule has 3 heteroatoms. The molecule has 0 aromatic heterocycles. The third kappa shape index (κ3) is 3.35. The third-order valence-electron chi connectivity index (χ3n) is 1.36. The molecule has 11 heavy (non-hydrogen) atoms. The van der Waals surface area contributed by atoms with Gasteiger partial charge in [0, 0.05) is 11.4 Å². The van der Waals surface area contributed by atoms with Gasteiger partial charge in [-0.25, -0.2) is 0 Å².